The number of nitrogens with two attached hydrogens (primary N) is 1. The molecule has 0 spiro atoms. The summed E-state index contributed by atoms with van der Waals surface area (Å²) in [7, 11) is 0. The molecule has 0 bridgehead atoms. The van der Waals surface area contributed by atoms with E-state index >= 15 is 0 Å². The first-order valence-corrected chi connectivity index (χ1v) is 5.89. The summed E-state index contributed by atoms with van der Waals surface area (Å²) in [5.74, 6) is 0. The van der Waals surface area contributed by atoms with Crippen LogP contribution in [0, 0.1) is 0 Å². The molecule has 2 N–H and O–H groups in total. The Hall–Kier alpha value is -0.900. The SMILES string of the molecule is CCCC1OC(c2ccccc2)OCC1N. The van der Waals surface area contributed by atoms with Gasteiger partial charge in [-0.1, -0.05) is 43.7 Å². The van der Waals surface area contributed by atoms with Crippen LogP contribution in [0.2, 0.25) is 0 Å². The highest BCUT2D eigenvalue weighted by Gasteiger charge is 2.29. The van der Waals surface area contributed by atoms with Gasteiger partial charge in [0.15, 0.2) is 6.29 Å². The van der Waals surface area contributed by atoms with E-state index in [1.165, 1.54) is 0 Å². The molecule has 3 atom stereocenters. The minimum Gasteiger partial charge on any atom is -0.347 e. The molecule has 1 aliphatic rings. The first-order valence-electron chi connectivity index (χ1n) is 5.89. The molecule has 3 unspecified atom stereocenters. The van der Waals surface area contributed by atoms with Crippen LogP contribution in [0.25, 0.3) is 0 Å². The number of ether oxygens (including phenoxy) is 2. The Bertz CT molecular complexity index is 315. The summed E-state index contributed by atoms with van der Waals surface area (Å²) < 4.78 is 11.5. The lowest BCUT2D eigenvalue weighted by atomic mass is 10.1. The lowest BCUT2D eigenvalue weighted by Gasteiger charge is -2.34. The van der Waals surface area contributed by atoms with Gasteiger partial charge >= 0.3 is 0 Å². The van der Waals surface area contributed by atoms with Crippen molar-refractivity contribution in [2.24, 2.45) is 5.73 Å². The van der Waals surface area contributed by atoms with E-state index in [2.05, 4.69) is 6.92 Å². The smallest absolute Gasteiger partial charge is 0.184 e. The third-order valence-corrected chi connectivity index (χ3v) is 2.86. The third-order valence-electron chi connectivity index (χ3n) is 2.86. The van der Waals surface area contributed by atoms with Gasteiger partial charge in [0.1, 0.15) is 0 Å². The average molecular weight is 221 g/mol. The van der Waals surface area contributed by atoms with Crippen molar-refractivity contribution in [1.82, 2.24) is 0 Å². The van der Waals surface area contributed by atoms with E-state index in [0.717, 1.165) is 18.4 Å². The standard InChI is InChI=1S/C13H19NO2/c1-2-6-12-11(14)9-15-13(16-12)10-7-4-3-5-8-10/h3-5,7-8,11-13H,2,6,9,14H2,1H3. The van der Waals surface area contributed by atoms with Crippen molar-refractivity contribution in [1.29, 1.82) is 0 Å². The predicted octanol–water partition coefficient (Wildman–Crippen LogP) is 2.23. The monoisotopic (exact) mass is 221 g/mol. The Morgan fingerprint density at radius 2 is 2.06 bits per heavy atom. The van der Waals surface area contributed by atoms with E-state index in [0.29, 0.717) is 6.61 Å². The van der Waals surface area contributed by atoms with Crippen molar-refractivity contribution in [3.8, 4) is 0 Å². The molecule has 1 saturated heterocycles. The molecule has 3 heteroatoms. The van der Waals surface area contributed by atoms with Crippen LogP contribution in [0.1, 0.15) is 31.6 Å². The van der Waals surface area contributed by atoms with Crippen molar-refractivity contribution < 1.29 is 9.47 Å². The number of rotatable bonds is 3. The first kappa shape index (κ1) is 11.6. The molecule has 0 saturated carbocycles. The van der Waals surface area contributed by atoms with Crippen LogP contribution in [0.15, 0.2) is 30.3 Å². The maximum Gasteiger partial charge on any atom is 0.184 e. The number of hydrogen-bond donors (Lipinski definition) is 1. The van der Waals surface area contributed by atoms with Gasteiger partial charge in [0.2, 0.25) is 0 Å². The van der Waals surface area contributed by atoms with E-state index in [1.54, 1.807) is 0 Å². The minimum atomic E-state index is -0.252. The Balaban J connectivity index is 2.03. The lowest BCUT2D eigenvalue weighted by molar-refractivity contribution is -0.225. The van der Waals surface area contributed by atoms with Gasteiger partial charge in [-0.25, -0.2) is 0 Å². The van der Waals surface area contributed by atoms with E-state index in [4.69, 9.17) is 15.2 Å². The largest absolute Gasteiger partial charge is 0.347 e. The number of benzene rings is 1. The zero-order chi connectivity index (χ0) is 11.4. The molecule has 1 fully saturated rings. The zero-order valence-electron chi connectivity index (χ0n) is 9.63. The first-order chi connectivity index (χ1) is 7.81. The topological polar surface area (TPSA) is 44.5 Å². The maximum atomic E-state index is 5.96. The van der Waals surface area contributed by atoms with Crippen LogP contribution in [-0.2, 0) is 9.47 Å². The number of hydrogen-bond acceptors (Lipinski definition) is 3. The molecule has 2 rings (SSSR count). The summed E-state index contributed by atoms with van der Waals surface area (Å²) in [5.41, 5.74) is 7.02. The molecule has 1 heterocycles. The summed E-state index contributed by atoms with van der Waals surface area (Å²) in [5, 5.41) is 0. The third kappa shape index (κ3) is 2.61. The van der Waals surface area contributed by atoms with Crippen LogP contribution in [0.3, 0.4) is 0 Å². The quantitative estimate of drug-likeness (QED) is 0.851. The van der Waals surface area contributed by atoms with Gasteiger partial charge in [-0.15, -0.1) is 0 Å². The van der Waals surface area contributed by atoms with Crippen molar-refractivity contribution in [2.75, 3.05) is 6.61 Å². The Labute approximate surface area is 96.5 Å². The van der Waals surface area contributed by atoms with Gasteiger partial charge in [0.25, 0.3) is 0 Å². The van der Waals surface area contributed by atoms with Crippen molar-refractivity contribution in [3.63, 3.8) is 0 Å². The summed E-state index contributed by atoms with van der Waals surface area (Å²) in [6.45, 7) is 2.72. The van der Waals surface area contributed by atoms with Crippen molar-refractivity contribution in [2.45, 2.75) is 38.2 Å². The van der Waals surface area contributed by atoms with Crippen LogP contribution in [0.5, 0.6) is 0 Å². The van der Waals surface area contributed by atoms with E-state index in [9.17, 15) is 0 Å². The van der Waals surface area contributed by atoms with E-state index in [-0.39, 0.29) is 18.4 Å². The lowest BCUT2D eigenvalue weighted by Crippen LogP contribution is -2.46. The Morgan fingerprint density at radius 1 is 1.31 bits per heavy atom. The van der Waals surface area contributed by atoms with E-state index in [1.807, 2.05) is 30.3 Å². The molecule has 1 aromatic rings. The molecule has 0 aromatic heterocycles. The Kier molecular flexibility index (Phi) is 3.93. The highest BCUT2D eigenvalue weighted by Crippen LogP contribution is 2.27. The van der Waals surface area contributed by atoms with Crippen molar-refractivity contribution in [3.05, 3.63) is 35.9 Å². The summed E-state index contributed by atoms with van der Waals surface area (Å²) in [4.78, 5) is 0. The van der Waals surface area contributed by atoms with Gasteiger partial charge in [-0.05, 0) is 6.42 Å². The summed E-state index contributed by atoms with van der Waals surface area (Å²) in [6, 6.07) is 10.0. The van der Waals surface area contributed by atoms with Gasteiger partial charge in [0, 0.05) is 5.56 Å². The van der Waals surface area contributed by atoms with Crippen LogP contribution in [-0.4, -0.2) is 18.8 Å². The molecule has 1 aliphatic heterocycles. The molecule has 0 aliphatic carbocycles. The fraction of sp³-hybridized carbons (Fsp3) is 0.538. The zero-order valence-corrected chi connectivity index (χ0v) is 9.63. The predicted molar refractivity (Wildman–Crippen MR) is 62.9 cm³/mol. The molecule has 0 radical (unpaired) electrons. The second kappa shape index (κ2) is 5.43. The summed E-state index contributed by atoms with van der Waals surface area (Å²) >= 11 is 0. The van der Waals surface area contributed by atoms with Gasteiger partial charge in [-0.3, -0.25) is 0 Å². The van der Waals surface area contributed by atoms with Crippen LogP contribution < -0.4 is 5.73 Å². The second-order valence-electron chi connectivity index (χ2n) is 4.20. The maximum absolute atomic E-state index is 5.96. The molecular weight excluding hydrogens is 202 g/mol. The minimum absolute atomic E-state index is 0.0000813. The average Bonchev–Trinajstić information content (AvgIpc) is 2.33. The second-order valence-corrected chi connectivity index (χ2v) is 4.20. The molecule has 88 valence electrons. The van der Waals surface area contributed by atoms with E-state index < -0.39 is 0 Å². The highest BCUT2D eigenvalue weighted by atomic mass is 16.7. The molecular formula is C13H19NO2. The van der Waals surface area contributed by atoms with Crippen LogP contribution in [0.4, 0.5) is 0 Å². The fourth-order valence-corrected chi connectivity index (χ4v) is 1.96. The van der Waals surface area contributed by atoms with Crippen molar-refractivity contribution >= 4 is 0 Å². The molecule has 0 amide bonds. The Morgan fingerprint density at radius 3 is 2.75 bits per heavy atom. The van der Waals surface area contributed by atoms with Gasteiger partial charge < -0.3 is 15.2 Å². The van der Waals surface area contributed by atoms with Gasteiger partial charge in [-0.2, -0.15) is 0 Å². The van der Waals surface area contributed by atoms with Gasteiger partial charge in [0.05, 0.1) is 18.8 Å². The molecule has 16 heavy (non-hydrogen) atoms. The summed E-state index contributed by atoms with van der Waals surface area (Å²) in [6.07, 6.45) is 1.94. The normalized spacial score (nSPS) is 30.2. The molecule has 3 nitrogen and oxygen atoms in total. The molecule has 1 aromatic carbocycles. The van der Waals surface area contributed by atoms with Crippen LogP contribution >= 0.6 is 0 Å². The highest BCUT2D eigenvalue weighted by molar-refractivity contribution is 5.16. The fourth-order valence-electron chi connectivity index (χ4n) is 1.96.